The third kappa shape index (κ3) is 3.48. The lowest BCUT2D eigenvalue weighted by molar-refractivity contribution is -0.122. The zero-order valence-electron chi connectivity index (χ0n) is 16.8. The van der Waals surface area contributed by atoms with Crippen LogP contribution < -0.4 is 10.2 Å². The van der Waals surface area contributed by atoms with Gasteiger partial charge in [-0.1, -0.05) is 31.2 Å². The third-order valence-electron chi connectivity index (χ3n) is 5.72. The Morgan fingerprint density at radius 1 is 1.03 bits per heavy atom. The van der Waals surface area contributed by atoms with Gasteiger partial charge in [-0.3, -0.25) is 19.3 Å². The van der Waals surface area contributed by atoms with Crippen LogP contribution in [0.25, 0.3) is 0 Å². The Balaban J connectivity index is 1.60. The fourth-order valence-corrected chi connectivity index (χ4v) is 4.44. The van der Waals surface area contributed by atoms with E-state index in [9.17, 15) is 14.4 Å². The van der Waals surface area contributed by atoms with Gasteiger partial charge in [0.1, 0.15) is 0 Å². The number of aryl methyl sites for hydroxylation is 2. The molecule has 29 heavy (non-hydrogen) atoms. The summed E-state index contributed by atoms with van der Waals surface area (Å²) in [6, 6.07) is 12.6. The van der Waals surface area contributed by atoms with E-state index < -0.39 is 0 Å². The highest BCUT2D eigenvalue weighted by Gasteiger charge is 2.50. The molecule has 0 saturated carbocycles. The molecule has 2 aromatic rings. The predicted molar refractivity (Wildman–Crippen MR) is 113 cm³/mol. The number of amides is 3. The van der Waals surface area contributed by atoms with Gasteiger partial charge in [-0.15, -0.1) is 0 Å². The number of rotatable bonds is 3. The average Bonchev–Trinajstić information content (AvgIpc) is 2.92. The van der Waals surface area contributed by atoms with E-state index in [1.807, 2.05) is 51.1 Å². The minimum Gasteiger partial charge on any atom is -0.322 e. The van der Waals surface area contributed by atoms with Crippen molar-refractivity contribution in [2.45, 2.75) is 27.2 Å². The summed E-state index contributed by atoms with van der Waals surface area (Å²) < 4.78 is 0. The van der Waals surface area contributed by atoms with Crippen LogP contribution in [0.15, 0.2) is 54.6 Å². The largest absolute Gasteiger partial charge is 0.322 e. The van der Waals surface area contributed by atoms with Gasteiger partial charge in [-0.05, 0) is 67.6 Å². The molecule has 0 unspecified atom stereocenters. The van der Waals surface area contributed by atoms with E-state index in [4.69, 9.17) is 0 Å². The second kappa shape index (κ2) is 7.32. The number of nitrogens with one attached hydrogen (secondary N) is 1. The minimum atomic E-state index is -0.319. The summed E-state index contributed by atoms with van der Waals surface area (Å²) in [5.41, 5.74) is 3.70. The molecule has 1 saturated heterocycles. The van der Waals surface area contributed by atoms with Crippen molar-refractivity contribution >= 4 is 29.1 Å². The zero-order chi connectivity index (χ0) is 20.7. The first-order valence-corrected chi connectivity index (χ1v) is 9.89. The molecule has 0 spiro atoms. The van der Waals surface area contributed by atoms with Gasteiger partial charge in [0.05, 0.1) is 17.5 Å². The lowest BCUT2D eigenvalue weighted by Crippen LogP contribution is -2.31. The molecule has 148 valence electrons. The van der Waals surface area contributed by atoms with Crippen LogP contribution in [0.5, 0.6) is 0 Å². The molecule has 1 heterocycles. The van der Waals surface area contributed by atoms with Gasteiger partial charge >= 0.3 is 0 Å². The molecule has 2 aliphatic rings. The van der Waals surface area contributed by atoms with Crippen molar-refractivity contribution in [3.63, 3.8) is 0 Å². The fraction of sp³-hybridized carbons (Fsp3) is 0.292. The Kier molecular flexibility index (Phi) is 4.82. The van der Waals surface area contributed by atoms with Crippen molar-refractivity contribution in [1.29, 1.82) is 0 Å². The van der Waals surface area contributed by atoms with E-state index in [0.717, 1.165) is 16.8 Å². The van der Waals surface area contributed by atoms with E-state index in [1.54, 1.807) is 24.3 Å². The van der Waals surface area contributed by atoms with E-state index in [0.29, 0.717) is 17.7 Å². The summed E-state index contributed by atoms with van der Waals surface area (Å²) >= 11 is 0. The quantitative estimate of drug-likeness (QED) is 0.631. The fourth-order valence-electron chi connectivity index (χ4n) is 4.44. The Morgan fingerprint density at radius 2 is 1.76 bits per heavy atom. The van der Waals surface area contributed by atoms with Crippen LogP contribution in [0.4, 0.5) is 11.4 Å². The monoisotopic (exact) mass is 388 g/mol. The molecule has 1 fully saturated rings. The molecule has 4 rings (SSSR count). The van der Waals surface area contributed by atoms with E-state index >= 15 is 0 Å². The summed E-state index contributed by atoms with van der Waals surface area (Å²) in [6.07, 6.45) is 4.57. The van der Waals surface area contributed by atoms with Gasteiger partial charge in [0.15, 0.2) is 0 Å². The number of fused-ring (bicyclic) bond motifs is 1. The Hall–Kier alpha value is -3.21. The van der Waals surface area contributed by atoms with Crippen LogP contribution >= 0.6 is 0 Å². The number of carbonyl (C=O) groups is 3. The Bertz CT molecular complexity index is 1020. The smallest absolute Gasteiger partial charge is 0.255 e. The van der Waals surface area contributed by atoms with Crippen molar-refractivity contribution in [2.24, 2.45) is 17.8 Å². The van der Waals surface area contributed by atoms with Gasteiger partial charge in [0.25, 0.3) is 5.91 Å². The first kappa shape index (κ1) is 19.1. The first-order chi connectivity index (χ1) is 13.8. The van der Waals surface area contributed by atoms with Crippen LogP contribution in [0.3, 0.4) is 0 Å². The third-order valence-corrected chi connectivity index (χ3v) is 5.72. The maximum Gasteiger partial charge on any atom is 0.255 e. The number of carbonyl (C=O) groups excluding carboxylic acids is 3. The van der Waals surface area contributed by atoms with Crippen LogP contribution in [0.1, 0.15) is 34.8 Å². The van der Waals surface area contributed by atoms with E-state index in [1.165, 1.54) is 4.90 Å². The molecule has 3 atom stereocenters. The minimum absolute atomic E-state index is 0.0336. The van der Waals surface area contributed by atoms with Gasteiger partial charge in [0.2, 0.25) is 11.8 Å². The number of allylic oxidation sites excluding steroid dienone is 2. The molecule has 0 bridgehead atoms. The van der Waals surface area contributed by atoms with Gasteiger partial charge in [-0.25, -0.2) is 0 Å². The Morgan fingerprint density at radius 3 is 2.45 bits per heavy atom. The highest BCUT2D eigenvalue weighted by molar-refractivity contribution is 6.22. The van der Waals surface area contributed by atoms with E-state index in [-0.39, 0.29) is 35.5 Å². The molecule has 2 aromatic carbocycles. The van der Waals surface area contributed by atoms with E-state index in [2.05, 4.69) is 5.32 Å². The molecule has 3 amide bonds. The molecule has 5 nitrogen and oxygen atoms in total. The van der Waals surface area contributed by atoms with Crippen molar-refractivity contribution < 1.29 is 14.4 Å². The number of benzene rings is 2. The van der Waals surface area contributed by atoms with Crippen molar-refractivity contribution in [3.05, 3.63) is 71.3 Å². The standard InChI is InChI=1S/C24H24N2O3/c1-14-10-15(2)12-18(11-14)25-22(27)17-7-5-8-19(13-17)26-23(28)20-9-4-6-16(3)21(20)24(26)29/h4-8,10-13,16,20-21H,9H2,1-3H3,(H,25,27)/t16-,20-,21+/m1/s1. The number of hydrogen-bond acceptors (Lipinski definition) is 3. The van der Waals surface area contributed by atoms with Crippen molar-refractivity contribution in [3.8, 4) is 0 Å². The SMILES string of the molecule is Cc1cc(C)cc(NC(=O)c2cccc(N3C(=O)[C@H]4[C@H](C)C=CC[C@H]4C3=O)c2)c1. The molecular formula is C24H24N2O3. The second-order valence-corrected chi connectivity index (χ2v) is 8.05. The van der Waals surface area contributed by atoms with Crippen LogP contribution in [0.2, 0.25) is 0 Å². The lowest BCUT2D eigenvalue weighted by atomic mass is 9.78. The maximum absolute atomic E-state index is 13.0. The highest BCUT2D eigenvalue weighted by atomic mass is 16.2. The normalized spacial score (nSPS) is 23.3. The molecule has 1 aliphatic carbocycles. The molecular weight excluding hydrogens is 364 g/mol. The number of imide groups is 1. The number of anilines is 2. The Labute approximate surface area is 170 Å². The number of nitrogens with zero attached hydrogens (tertiary/aromatic N) is 1. The molecule has 0 radical (unpaired) electrons. The summed E-state index contributed by atoms with van der Waals surface area (Å²) in [5, 5.41) is 2.90. The van der Waals surface area contributed by atoms with Crippen LogP contribution in [0, 0.1) is 31.6 Å². The average molecular weight is 388 g/mol. The second-order valence-electron chi connectivity index (χ2n) is 8.05. The summed E-state index contributed by atoms with van der Waals surface area (Å²) in [5.74, 6) is -1.23. The molecule has 0 aromatic heterocycles. The topological polar surface area (TPSA) is 66.5 Å². The molecule has 1 N–H and O–H groups in total. The lowest BCUT2D eigenvalue weighted by Gasteiger charge is -2.22. The van der Waals surface area contributed by atoms with Crippen LogP contribution in [-0.4, -0.2) is 17.7 Å². The first-order valence-electron chi connectivity index (χ1n) is 9.89. The maximum atomic E-state index is 13.0. The van der Waals surface area contributed by atoms with Crippen molar-refractivity contribution in [2.75, 3.05) is 10.2 Å². The van der Waals surface area contributed by atoms with Gasteiger partial charge < -0.3 is 5.32 Å². The molecule has 1 aliphatic heterocycles. The highest BCUT2D eigenvalue weighted by Crippen LogP contribution is 2.40. The van der Waals surface area contributed by atoms with Gasteiger partial charge in [0, 0.05) is 11.3 Å². The van der Waals surface area contributed by atoms with Crippen molar-refractivity contribution in [1.82, 2.24) is 0 Å². The molecule has 5 heteroatoms. The summed E-state index contributed by atoms with van der Waals surface area (Å²) in [6.45, 7) is 5.92. The summed E-state index contributed by atoms with van der Waals surface area (Å²) in [4.78, 5) is 39.9. The number of hydrogen-bond donors (Lipinski definition) is 1. The summed E-state index contributed by atoms with van der Waals surface area (Å²) in [7, 11) is 0. The van der Waals surface area contributed by atoms with Crippen LogP contribution in [-0.2, 0) is 9.59 Å². The predicted octanol–water partition coefficient (Wildman–Crippen LogP) is 4.26. The van der Waals surface area contributed by atoms with Gasteiger partial charge in [-0.2, -0.15) is 0 Å². The zero-order valence-corrected chi connectivity index (χ0v) is 16.8.